The van der Waals surface area contributed by atoms with Crippen molar-refractivity contribution in [1.29, 1.82) is 0 Å². The van der Waals surface area contributed by atoms with Gasteiger partial charge in [0.15, 0.2) is 0 Å². The van der Waals surface area contributed by atoms with E-state index in [1.807, 2.05) is 4.90 Å². The second-order valence-corrected chi connectivity index (χ2v) is 6.84. The first-order chi connectivity index (χ1) is 10.1. The summed E-state index contributed by atoms with van der Waals surface area (Å²) in [4.78, 5) is 15.5. The van der Waals surface area contributed by atoms with Crippen LogP contribution in [0, 0.1) is 5.92 Å². The second kappa shape index (κ2) is 7.32. The fourth-order valence-electron chi connectivity index (χ4n) is 2.95. The molecular weight excluding hydrogens is 280 g/mol. The summed E-state index contributed by atoms with van der Waals surface area (Å²) in [5, 5.41) is 3.35. The molecule has 4 heteroatoms. The first-order valence-corrected chi connectivity index (χ1v) is 8.97. The fraction of sp³-hybridized carbons (Fsp3) is 0.588. The van der Waals surface area contributed by atoms with E-state index in [9.17, 15) is 4.79 Å². The number of hydrogen-bond acceptors (Lipinski definition) is 3. The van der Waals surface area contributed by atoms with Gasteiger partial charge in [-0.15, -0.1) is 11.8 Å². The van der Waals surface area contributed by atoms with Crippen molar-refractivity contribution in [2.75, 3.05) is 12.8 Å². The van der Waals surface area contributed by atoms with Crippen LogP contribution < -0.4 is 5.32 Å². The Kier molecular flexibility index (Phi) is 5.71. The minimum Gasteiger partial charge on any atom is -0.319 e. The molecule has 1 aliphatic rings. The van der Waals surface area contributed by atoms with Crippen molar-refractivity contribution in [3.8, 4) is 0 Å². The van der Waals surface area contributed by atoms with Crippen LogP contribution >= 0.6 is 11.8 Å². The number of carbonyl (C=O) groups is 1. The van der Waals surface area contributed by atoms with E-state index in [-0.39, 0.29) is 18.1 Å². The van der Waals surface area contributed by atoms with Gasteiger partial charge in [0.2, 0.25) is 5.91 Å². The molecule has 3 nitrogen and oxygen atoms in total. The van der Waals surface area contributed by atoms with Crippen molar-refractivity contribution in [3.05, 3.63) is 29.8 Å². The highest BCUT2D eigenvalue weighted by Gasteiger charge is 2.35. The number of nitrogens with zero attached hydrogens (tertiary/aromatic N) is 1. The third-order valence-corrected chi connectivity index (χ3v) is 5.10. The van der Waals surface area contributed by atoms with Crippen LogP contribution in [0.3, 0.4) is 0 Å². The molecule has 1 heterocycles. The Balaban J connectivity index is 2.15. The minimum atomic E-state index is 0.0208. The van der Waals surface area contributed by atoms with E-state index in [0.29, 0.717) is 12.5 Å². The third kappa shape index (κ3) is 3.80. The highest BCUT2D eigenvalue weighted by molar-refractivity contribution is 7.98. The molecule has 3 atom stereocenters. The quantitative estimate of drug-likeness (QED) is 0.814. The van der Waals surface area contributed by atoms with Crippen LogP contribution in [0.4, 0.5) is 0 Å². The summed E-state index contributed by atoms with van der Waals surface area (Å²) < 4.78 is 0. The minimum absolute atomic E-state index is 0.0208. The molecular formula is C17H26N2OS. The average Bonchev–Trinajstić information content (AvgIpc) is 2.89. The summed E-state index contributed by atoms with van der Waals surface area (Å²) in [6.45, 7) is 7.08. The van der Waals surface area contributed by atoms with Crippen LogP contribution in [0.2, 0.25) is 0 Å². The molecule has 0 bridgehead atoms. The lowest BCUT2D eigenvalue weighted by Crippen LogP contribution is -2.38. The van der Waals surface area contributed by atoms with E-state index in [4.69, 9.17) is 0 Å². The average molecular weight is 306 g/mol. The van der Waals surface area contributed by atoms with Crippen LogP contribution in [0.15, 0.2) is 29.2 Å². The molecule has 0 radical (unpaired) electrons. The Morgan fingerprint density at radius 3 is 2.57 bits per heavy atom. The van der Waals surface area contributed by atoms with E-state index in [0.717, 1.165) is 12.8 Å². The number of carbonyl (C=O) groups excluding carboxylic acids is 1. The Labute approximate surface area is 132 Å². The standard InChI is InChI=1S/C17H26N2OS/c1-5-12(2)10-13(3)19-16(20)11-18-17(19)14-6-8-15(21-4)9-7-14/h6-9,12-13,17-18H,5,10-11H2,1-4H3. The van der Waals surface area contributed by atoms with E-state index in [2.05, 4.69) is 56.6 Å². The molecule has 116 valence electrons. The lowest BCUT2D eigenvalue weighted by molar-refractivity contribution is -0.130. The summed E-state index contributed by atoms with van der Waals surface area (Å²) in [5.74, 6) is 0.859. The normalized spacial score (nSPS) is 21.6. The van der Waals surface area contributed by atoms with Gasteiger partial charge >= 0.3 is 0 Å². The van der Waals surface area contributed by atoms with Gasteiger partial charge in [0.25, 0.3) is 0 Å². The first kappa shape index (κ1) is 16.4. The molecule has 1 N–H and O–H groups in total. The number of thioether (sulfide) groups is 1. The summed E-state index contributed by atoms with van der Waals surface area (Å²) in [7, 11) is 0. The summed E-state index contributed by atoms with van der Waals surface area (Å²) in [6, 6.07) is 8.79. The van der Waals surface area contributed by atoms with Crippen molar-refractivity contribution in [2.24, 2.45) is 5.92 Å². The zero-order valence-corrected chi connectivity index (χ0v) is 14.2. The summed E-state index contributed by atoms with van der Waals surface area (Å²) in [6.07, 6.45) is 4.32. The molecule has 21 heavy (non-hydrogen) atoms. The van der Waals surface area contributed by atoms with Crippen LogP contribution in [0.25, 0.3) is 0 Å². The number of amides is 1. The maximum absolute atomic E-state index is 12.3. The first-order valence-electron chi connectivity index (χ1n) is 7.75. The predicted octanol–water partition coefficient (Wildman–Crippen LogP) is 3.66. The maximum atomic E-state index is 12.3. The van der Waals surface area contributed by atoms with Gasteiger partial charge in [0.05, 0.1) is 6.54 Å². The summed E-state index contributed by atoms with van der Waals surface area (Å²) in [5.41, 5.74) is 1.18. The zero-order valence-electron chi connectivity index (χ0n) is 13.4. The van der Waals surface area contributed by atoms with E-state index in [1.165, 1.54) is 10.5 Å². The summed E-state index contributed by atoms with van der Waals surface area (Å²) >= 11 is 1.74. The predicted molar refractivity (Wildman–Crippen MR) is 89.3 cm³/mol. The fourth-order valence-corrected chi connectivity index (χ4v) is 3.35. The van der Waals surface area contributed by atoms with Gasteiger partial charge in [-0.3, -0.25) is 10.1 Å². The highest BCUT2D eigenvalue weighted by atomic mass is 32.2. The number of hydrogen-bond donors (Lipinski definition) is 1. The third-order valence-electron chi connectivity index (χ3n) is 4.36. The van der Waals surface area contributed by atoms with Crippen molar-refractivity contribution in [1.82, 2.24) is 10.2 Å². The van der Waals surface area contributed by atoms with Crippen molar-refractivity contribution >= 4 is 17.7 Å². The smallest absolute Gasteiger partial charge is 0.238 e. The molecule has 3 unspecified atom stereocenters. The van der Waals surface area contributed by atoms with E-state index >= 15 is 0 Å². The highest BCUT2D eigenvalue weighted by Crippen LogP contribution is 2.28. The number of nitrogens with one attached hydrogen (secondary N) is 1. The number of benzene rings is 1. The van der Waals surface area contributed by atoms with Crippen LogP contribution in [-0.2, 0) is 4.79 Å². The van der Waals surface area contributed by atoms with Crippen molar-refractivity contribution < 1.29 is 4.79 Å². The van der Waals surface area contributed by atoms with Gasteiger partial charge in [0, 0.05) is 10.9 Å². The number of rotatable bonds is 6. The second-order valence-electron chi connectivity index (χ2n) is 5.96. The molecule has 1 aromatic rings. The maximum Gasteiger partial charge on any atom is 0.238 e. The molecule has 0 spiro atoms. The van der Waals surface area contributed by atoms with Gasteiger partial charge in [-0.2, -0.15) is 0 Å². The van der Waals surface area contributed by atoms with Gasteiger partial charge in [0.1, 0.15) is 6.17 Å². The Bertz CT molecular complexity index is 474. The molecule has 1 aromatic carbocycles. The molecule has 1 saturated heterocycles. The monoisotopic (exact) mass is 306 g/mol. The Hall–Kier alpha value is -1.00. The molecule has 0 saturated carbocycles. The topological polar surface area (TPSA) is 32.3 Å². The Morgan fingerprint density at radius 2 is 2.00 bits per heavy atom. The lowest BCUT2D eigenvalue weighted by atomic mass is 9.98. The van der Waals surface area contributed by atoms with Gasteiger partial charge in [-0.05, 0) is 43.2 Å². The van der Waals surface area contributed by atoms with Gasteiger partial charge in [-0.1, -0.05) is 32.4 Å². The zero-order chi connectivity index (χ0) is 15.4. The van der Waals surface area contributed by atoms with Crippen LogP contribution in [0.1, 0.15) is 45.3 Å². The Morgan fingerprint density at radius 1 is 1.33 bits per heavy atom. The molecule has 1 fully saturated rings. The lowest BCUT2D eigenvalue weighted by Gasteiger charge is -2.32. The van der Waals surface area contributed by atoms with Crippen LogP contribution in [-0.4, -0.2) is 29.6 Å². The molecule has 1 amide bonds. The van der Waals surface area contributed by atoms with Crippen molar-refractivity contribution in [2.45, 2.75) is 50.7 Å². The molecule has 0 aliphatic carbocycles. The molecule has 2 rings (SSSR count). The van der Waals surface area contributed by atoms with E-state index < -0.39 is 0 Å². The van der Waals surface area contributed by atoms with E-state index in [1.54, 1.807) is 11.8 Å². The van der Waals surface area contributed by atoms with Gasteiger partial charge < -0.3 is 4.90 Å². The SMILES string of the molecule is CCC(C)CC(C)N1C(=O)CNC1c1ccc(SC)cc1. The molecule has 1 aliphatic heterocycles. The van der Waals surface area contributed by atoms with Crippen LogP contribution in [0.5, 0.6) is 0 Å². The van der Waals surface area contributed by atoms with Gasteiger partial charge in [-0.25, -0.2) is 0 Å². The largest absolute Gasteiger partial charge is 0.319 e. The molecule has 0 aromatic heterocycles. The van der Waals surface area contributed by atoms with Crippen molar-refractivity contribution in [3.63, 3.8) is 0 Å².